The molecule has 1 atom stereocenters. The molecule has 0 radical (unpaired) electrons. The van der Waals surface area contributed by atoms with Crippen molar-refractivity contribution in [2.75, 3.05) is 25.1 Å². The molecule has 0 saturated carbocycles. The number of thioether (sulfide) groups is 1. The van der Waals surface area contributed by atoms with Gasteiger partial charge in [-0.25, -0.2) is 0 Å². The SMILES string of the molecule is CSCC(O)CN1CCCC1=O. The minimum Gasteiger partial charge on any atom is -0.390 e. The predicted octanol–water partition coefficient (Wildman–Crippen LogP) is 0.333. The summed E-state index contributed by atoms with van der Waals surface area (Å²) in [5.41, 5.74) is 0. The van der Waals surface area contributed by atoms with Crippen LogP contribution in [0.2, 0.25) is 0 Å². The summed E-state index contributed by atoms with van der Waals surface area (Å²) in [5, 5.41) is 9.41. The third-order valence-electron chi connectivity index (χ3n) is 1.96. The van der Waals surface area contributed by atoms with E-state index >= 15 is 0 Å². The monoisotopic (exact) mass is 189 g/mol. The number of β-amino-alcohol motifs (C(OH)–C–C–N with tert-alkyl or cyclic N) is 1. The van der Waals surface area contributed by atoms with Gasteiger partial charge in [-0.2, -0.15) is 11.8 Å². The molecule has 1 amide bonds. The Morgan fingerprint density at radius 2 is 2.50 bits per heavy atom. The zero-order chi connectivity index (χ0) is 8.97. The highest BCUT2D eigenvalue weighted by atomic mass is 32.2. The molecule has 0 aliphatic carbocycles. The standard InChI is InChI=1S/C8H15NO2S/c1-12-6-7(10)5-9-4-2-3-8(9)11/h7,10H,2-6H2,1H3. The average molecular weight is 189 g/mol. The van der Waals surface area contributed by atoms with Gasteiger partial charge in [0.2, 0.25) is 5.91 Å². The normalized spacial score (nSPS) is 20.2. The van der Waals surface area contributed by atoms with Gasteiger partial charge in [-0.3, -0.25) is 4.79 Å². The Labute approximate surface area is 77.1 Å². The van der Waals surface area contributed by atoms with Gasteiger partial charge in [0.1, 0.15) is 0 Å². The summed E-state index contributed by atoms with van der Waals surface area (Å²) in [6, 6.07) is 0. The summed E-state index contributed by atoms with van der Waals surface area (Å²) in [4.78, 5) is 12.9. The quantitative estimate of drug-likeness (QED) is 0.693. The van der Waals surface area contributed by atoms with Crippen LogP contribution in [0.3, 0.4) is 0 Å². The molecule has 3 nitrogen and oxygen atoms in total. The molecular weight excluding hydrogens is 174 g/mol. The van der Waals surface area contributed by atoms with Crippen molar-refractivity contribution in [3.05, 3.63) is 0 Å². The molecule has 0 aromatic rings. The Hall–Kier alpha value is -0.220. The molecule has 1 heterocycles. The Morgan fingerprint density at radius 3 is 3.00 bits per heavy atom. The fourth-order valence-electron chi connectivity index (χ4n) is 1.40. The van der Waals surface area contributed by atoms with Crippen molar-refractivity contribution in [1.82, 2.24) is 4.90 Å². The van der Waals surface area contributed by atoms with Gasteiger partial charge in [-0.05, 0) is 12.7 Å². The summed E-state index contributed by atoms with van der Waals surface area (Å²) in [6.45, 7) is 1.34. The van der Waals surface area contributed by atoms with E-state index in [-0.39, 0.29) is 12.0 Å². The third kappa shape index (κ3) is 2.68. The average Bonchev–Trinajstić information content (AvgIpc) is 2.37. The highest BCUT2D eigenvalue weighted by molar-refractivity contribution is 7.98. The molecule has 0 aromatic carbocycles. The molecule has 0 aromatic heterocycles. The van der Waals surface area contributed by atoms with E-state index in [2.05, 4.69) is 0 Å². The topological polar surface area (TPSA) is 40.5 Å². The lowest BCUT2D eigenvalue weighted by molar-refractivity contribution is -0.128. The van der Waals surface area contributed by atoms with E-state index in [1.165, 1.54) is 0 Å². The van der Waals surface area contributed by atoms with Gasteiger partial charge in [-0.1, -0.05) is 0 Å². The second-order valence-electron chi connectivity index (χ2n) is 3.05. The van der Waals surface area contributed by atoms with Crippen molar-refractivity contribution in [3.8, 4) is 0 Å². The number of likely N-dealkylation sites (tertiary alicyclic amines) is 1. The van der Waals surface area contributed by atoms with Crippen molar-refractivity contribution in [2.24, 2.45) is 0 Å². The van der Waals surface area contributed by atoms with Crippen LogP contribution < -0.4 is 0 Å². The number of carbonyl (C=O) groups is 1. The molecule has 1 fully saturated rings. The van der Waals surface area contributed by atoms with Crippen molar-refractivity contribution < 1.29 is 9.90 Å². The maximum absolute atomic E-state index is 11.1. The van der Waals surface area contributed by atoms with Crippen LogP contribution >= 0.6 is 11.8 Å². The highest BCUT2D eigenvalue weighted by Gasteiger charge is 2.21. The van der Waals surface area contributed by atoms with E-state index in [9.17, 15) is 9.90 Å². The van der Waals surface area contributed by atoms with Gasteiger partial charge >= 0.3 is 0 Å². The molecular formula is C8H15NO2S. The maximum Gasteiger partial charge on any atom is 0.222 e. The molecule has 4 heteroatoms. The van der Waals surface area contributed by atoms with Crippen LogP contribution in [0, 0.1) is 0 Å². The van der Waals surface area contributed by atoms with Crippen LogP contribution in [0.4, 0.5) is 0 Å². The van der Waals surface area contributed by atoms with E-state index in [1.54, 1.807) is 16.7 Å². The Kier molecular flexibility index (Phi) is 3.88. The summed E-state index contributed by atoms with van der Waals surface area (Å²) < 4.78 is 0. The number of aliphatic hydroxyl groups is 1. The first-order valence-electron chi connectivity index (χ1n) is 4.19. The third-order valence-corrected chi connectivity index (χ3v) is 2.68. The number of rotatable bonds is 4. The highest BCUT2D eigenvalue weighted by Crippen LogP contribution is 2.10. The number of hydrogen-bond acceptors (Lipinski definition) is 3. The number of carbonyl (C=O) groups excluding carboxylic acids is 1. The van der Waals surface area contributed by atoms with E-state index in [1.807, 2.05) is 6.26 Å². The van der Waals surface area contributed by atoms with Crippen molar-refractivity contribution in [2.45, 2.75) is 18.9 Å². The summed E-state index contributed by atoms with van der Waals surface area (Å²) in [7, 11) is 0. The van der Waals surface area contributed by atoms with E-state index < -0.39 is 0 Å². The van der Waals surface area contributed by atoms with Gasteiger partial charge in [0, 0.05) is 25.3 Å². The van der Waals surface area contributed by atoms with Crippen molar-refractivity contribution >= 4 is 17.7 Å². The lowest BCUT2D eigenvalue weighted by Crippen LogP contribution is -2.34. The van der Waals surface area contributed by atoms with Gasteiger partial charge < -0.3 is 10.0 Å². The van der Waals surface area contributed by atoms with Gasteiger partial charge in [0.05, 0.1) is 6.10 Å². The van der Waals surface area contributed by atoms with Crippen LogP contribution in [0.15, 0.2) is 0 Å². The summed E-state index contributed by atoms with van der Waals surface area (Å²) in [5.74, 6) is 0.902. The Balaban J connectivity index is 2.25. The first kappa shape index (κ1) is 9.86. The van der Waals surface area contributed by atoms with Crippen LogP contribution in [0.1, 0.15) is 12.8 Å². The Bertz CT molecular complexity index is 163. The fourth-order valence-corrected chi connectivity index (χ4v) is 1.89. The zero-order valence-electron chi connectivity index (χ0n) is 7.32. The van der Waals surface area contributed by atoms with Crippen LogP contribution in [0.25, 0.3) is 0 Å². The van der Waals surface area contributed by atoms with Crippen LogP contribution in [-0.2, 0) is 4.79 Å². The van der Waals surface area contributed by atoms with Crippen molar-refractivity contribution in [1.29, 1.82) is 0 Å². The summed E-state index contributed by atoms with van der Waals surface area (Å²) in [6.07, 6.45) is 3.20. The molecule has 1 saturated heterocycles. The molecule has 1 aliphatic heterocycles. The van der Waals surface area contributed by atoms with Gasteiger partial charge in [-0.15, -0.1) is 0 Å². The van der Waals surface area contributed by atoms with Gasteiger partial charge in [0.25, 0.3) is 0 Å². The largest absolute Gasteiger partial charge is 0.390 e. The van der Waals surface area contributed by atoms with E-state index in [0.717, 1.165) is 13.0 Å². The number of nitrogens with zero attached hydrogens (tertiary/aromatic N) is 1. The molecule has 12 heavy (non-hydrogen) atoms. The number of aliphatic hydroxyl groups excluding tert-OH is 1. The Morgan fingerprint density at radius 1 is 1.75 bits per heavy atom. The second-order valence-corrected chi connectivity index (χ2v) is 3.96. The lowest BCUT2D eigenvalue weighted by atomic mass is 10.4. The molecule has 1 rings (SSSR count). The predicted molar refractivity (Wildman–Crippen MR) is 50.2 cm³/mol. The smallest absolute Gasteiger partial charge is 0.222 e. The first-order chi connectivity index (χ1) is 5.74. The molecule has 0 bridgehead atoms. The fraction of sp³-hybridized carbons (Fsp3) is 0.875. The van der Waals surface area contributed by atoms with Crippen LogP contribution in [-0.4, -0.2) is 47.1 Å². The van der Waals surface area contributed by atoms with Gasteiger partial charge in [0.15, 0.2) is 0 Å². The van der Waals surface area contributed by atoms with E-state index in [0.29, 0.717) is 18.7 Å². The minimum atomic E-state index is -0.359. The molecule has 1 N–H and O–H groups in total. The van der Waals surface area contributed by atoms with Crippen LogP contribution in [0.5, 0.6) is 0 Å². The molecule has 1 unspecified atom stereocenters. The lowest BCUT2D eigenvalue weighted by Gasteiger charge is -2.18. The molecule has 0 spiro atoms. The number of amides is 1. The van der Waals surface area contributed by atoms with Crippen molar-refractivity contribution in [3.63, 3.8) is 0 Å². The van der Waals surface area contributed by atoms with E-state index in [4.69, 9.17) is 0 Å². The number of hydrogen-bond donors (Lipinski definition) is 1. The molecule has 70 valence electrons. The molecule has 1 aliphatic rings. The maximum atomic E-state index is 11.1. The minimum absolute atomic E-state index is 0.190. The second kappa shape index (κ2) is 4.72. The summed E-state index contributed by atoms with van der Waals surface area (Å²) >= 11 is 1.61. The zero-order valence-corrected chi connectivity index (χ0v) is 8.14. The first-order valence-corrected chi connectivity index (χ1v) is 5.58.